The number of carbonyl (C=O) groups is 1. The number of esters is 1. The van der Waals surface area contributed by atoms with Crippen LogP contribution in [0.5, 0.6) is 5.75 Å². The fourth-order valence-corrected chi connectivity index (χ4v) is 4.76. The molecule has 0 fully saturated rings. The van der Waals surface area contributed by atoms with E-state index in [-0.39, 0.29) is 11.7 Å². The van der Waals surface area contributed by atoms with E-state index in [0.29, 0.717) is 28.8 Å². The molecule has 5 nitrogen and oxygen atoms in total. The summed E-state index contributed by atoms with van der Waals surface area (Å²) in [7, 11) is 5.83. The van der Waals surface area contributed by atoms with Gasteiger partial charge in [-0.05, 0) is 60.9 Å². The summed E-state index contributed by atoms with van der Waals surface area (Å²) >= 11 is 5.11. The number of hydrogen-bond donors (Lipinski definition) is 1. The smallest absolute Gasteiger partial charge is 0.341 e. The minimum absolute atomic E-state index is 0.169. The van der Waals surface area contributed by atoms with E-state index in [2.05, 4.69) is 15.9 Å². The number of aromatic nitrogens is 1. The van der Waals surface area contributed by atoms with Crippen LogP contribution < -0.4 is 0 Å². The summed E-state index contributed by atoms with van der Waals surface area (Å²) in [5, 5.41) is 13.6. The van der Waals surface area contributed by atoms with Crippen molar-refractivity contribution < 1.29 is 14.6 Å². The highest BCUT2D eigenvalue weighted by molar-refractivity contribution is 9.10. The van der Waals surface area contributed by atoms with Gasteiger partial charge in [-0.1, -0.05) is 6.07 Å². The van der Waals surface area contributed by atoms with Crippen molar-refractivity contribution in [1.82, 2.24) is 9.47 Å². The minimum Gasteiger partial charge on any atom is -0.506 e. The highest BCUT2D eigenvalue weighted by atomic mass is 79.9. The molecule has 1 aromatic carbocycles. The summed E-state index contributed by atoms with van der Waals surface area (Å²) in [6, 6.07) is 3.96. The lowest BCUT2D eigenvalue weighted by atomic mass is 10.00. The molecule has 0 aliphatic heterocycles. The molecule has 0 radical (unpaired) electrons. The Morgan fingerprint density at radius 2 is 2.11 bits per heavy atom. The standard InChI is InChI=1S/C20H23BrN2O3S/c1-6-26-20(25)15-14-12(10-22(3)4)19(24)16(21)11(2)17(14)23(5)18(15)13-8-7-9-27-13/h7-9,24H,6,10H2,1-5H3. The number of ether oxygens (including phenoxy) is 1. The average Bonchev–Trinajstić information content (AvgIpc) is 3.22. The van der Waals surface area contributed by atoms with Crippen molar-refractivity contribution in [1.29, 1.82) is 0 Å². The lowest BCUT2D eigenvalue weighted by molar-refractivity contribution is 0.0529. The van der Waals surface area contributed by atoms with Gasteiger partial charge in [0, 0.05) is 24.5 Å². The molecule has 1 N–H and O–H groups in total. The second-order valence-electron chi connectivity index (χ2n) is 6.71. The Morgan fingerprint density at radius 1 is 1.41 bits per heavy atom. The van der Waals surface area contributed by atoms with E-state index in [1.807, 2.05) is 55.0 Å². The van der Waals surface area contributed by atoms with Crippen LogP contribution in [0, 0.1) is 6.92 Å². The first-order valence-electron chi connectivity index (χ1n) is 8.67. The van der Waals surface area contributed by atoms with Crippen LogP contribution in [0.1, 0.15) is 28.4 Å². The van der Waals surface area contributed by atoms with Gasteiger partial charge in [0.1, 0.15) is 5.75 Å². The molecule has 144 valence electrons. The van der Waals surface area contributed by atoms with E-state index in [9.17, 15) is 9.90 Å². The average molecular weight is 451 g/mol. The number of halogens is 1. The van der Waals surface area contributed by atoms with Crippen molar-refractivity contribution in [3.05, 3.63) is 38.7 Å². The maximum Gasteiger partial charge on any atom is 0.341 e. The number of phenolic OH excluding ortho intramolecular Hbond substituents is 1. The Kier molecular flexibility index (Phi) is 5.65. The molecule has 0 spiro atoms. The van der Waals surface area contributed by atoms with Gasteiger partial charge in [-0.15, -0.1) is 11.3 Å². The number of benzene rings is 1. The Labute approximate surface area is 171 Å². The fourth-order valence-electron chi connectivity index (χ4n) is 3.52. The van der Waals surface area contributed by atoms with Crippen LogP contribution in [0.2, 0.25) is 0 Å². The molecular formula is C20H23BrN2O3S. The maximum absolute atomic E-state index is 13.0. The topological polar surface area (TPSA) is 54.7 Å². The number of hydrogen-bond acceptors (Lipinski definition) is 5. The van der Waals surface area contributed by atoms with Crippen LogP contribution in [0.3, 0.4) is 0 Å². The number of fused-ring (bicyclic) bond motifs is 1. The monoisotopic (exact) mass is 450 g/mol. The third kappa shape index (κ3) is 3.28. The third-order valence-electron chi connectivity index (χ3n) is 4.58. The van der Waals surface area contributed by atoms with Gasteiger partial charge < -0.3 is 19.3 Å². The highest BCUT2D eigenvalue weighted by Gasteiger charge is 2.30. The van der Waals surface area contributed by atoms with Gasteiger partial charge in [0.2, 0.25) is 0 Å². The van der Waals surface area contributed by atoms with Crippen molar-refractivity contribution in [3.63, 3.8) is 0 Å². The van der Waals surface area contributed by atoms with Gasteiger partial charge in [0.15, 0.2) is 0 Å². The lowest BCUT2D eigenvalue weighted by Gasteiger charge is -2.17. The molecule has 3 aromatic rings. The van der Waals surface area contributed by atoms with Crippen LogP contribution in [-0.2, 0) is 18.3 Å². The number of aromatic hydroxyl groups is 1. The molecule has 2 aromatic heterocycles. The molecule has 0 atom stereocenters. The second-order valence-corrected chi connectivity index (χ2v) is 8.45. The molecule has 0 saturated heterocycles. The van der Waals surface area contributed by atoms with Gasteiger partial charge in [0.05, 0.1) is 32.7 Å². The second kappa shape index (κ2) is 7.66. The Morgan fingerprint density at radius 3 is 2.67 bits per heavy atom. The molecule has 3 rings (SSSR count). The van der Waals surface area contributed by atoms with Crippen LogP contribution in [-0.4, -0.2) is 41.2 Å². The number of phenols is 1. The van der Waals surface area contributed by atoms with Gasteiger partial charge in [0.25, 0.3) is 0 Å². The predicted octanol–water partition coefficient (Wildman–Crippen LogP) is 4.92. The Bertz CT molecular complexity index is 1010. The molecule has 27 heavy (non-hydrogen) atoms. The van der Waals surface area contributed by atoms with E-state index in [4.69, 9.17) is 4.74 Å². The number of aryl methyl sites for hydroxylation is 2. The Balaban J connectivity index is 2.53. The summed E-state index contributed by atoms with van der Waals surface area (Å²) in [4.78, 5) is 16.0. The van der Waals surface area contributed by atoms with Crippen molar-refractivity contribution in [3.8, 4) is 16.3 Å². The molecule has 0 bridgehead atoms. The van der Waals surface area contributed by atoms with E-state index >= 15 is 0 Å². The lowest BCUT2D eigenvalue weighted by Crippen LogP contribution is -2.13. The number of thiophene rings is 1. The molecule has 0 amide bonds. The number of rotatable bonds is 5. The first-order chi connectivity index (χ1) is 12.8. The van der Waals surface area contributed by atoms with Crippen molar-refractivity contribution in [2.24, 2.45) is 7.05 Å². The van der Waals surface area contributed by atoms with E-state index < -0.39 is 0 Å². The fraction of sp³-hybridized carbons (Fsp3) is 0.350. The molecule has 0 aliphatic rings. The van der Waals surface area contributed by atoms with Gasteiger partial charge in [-0.25, -0.2) is 4.79 Å². The summed E-state index contributed by atoms with van der Waals surface area (Å²) in [5.41, 5.74) is 3.86. The van der Waals surface area contributed by atoms with E-state index in [0.717, 1.165) is 27.0 Å². The summed E-state index contributed by atoms with van der Waals surface area (Å²) < 4.78 is 8.09. The van der Waals surface area contributed by atoms with Crippen LogP contribution in [0.4, 0.5) is 0 Å². The zero-order chi connectivity index (χ0) is 19.9. The van der Waals surface area contributed by atoms with Crippen LogP contribution in [0.15, 0.2) is 22.0 Å². The molecule has 0 unspecified atom stereocenters. The molecule has 0 saturated carbocycles. The largest absolute Gasteiger partial charge is 0.506 e. The van der Waals surface area contributed by atoms with Gasteiger partial charge >= 0.3 is 5.97 Å². The molecule has 0 aliphatic carbocycles. The first kappa shape index (κ1) is 19.9. The quantitative estimate of drug-likeness (QED) is 0.560. The van der Waals surface area contributed by atoms with Gasteiger partial charge in [-0.3, -0.25) is 0 Å². The zero-order valence-corrected chi connectivity index (χ0v) is 18.5. The zero-order valence-electron chi connectivity index (χ0n) is 16.1. The Hall–Kier alpha value is -1.83. The number of carbonyl (C=O) groups excluding carboxylic acids is 1. The summed E-state index contributed by atoms with van der Waals surface area (Å²) in [6.45, 7) is 4.54. The highest BCUT2D eigenvalue weighted by Crippen LogP contribution is 2.45. The predicted molar refractivity (Wildman–Crippen MR) is 114 cm³/mol. The van der Waals surface area contributed by atoms with Crippen molar-refractivity contribution in [2.75, 3.05) is 20.7 Å². The van der Waals surface area contributed by atoms with E-state index in [1.165, 1.54) is 0 Å². The van der Waals surface area contributed by atoms with Crippen molar-refractivity contribution in [2.45, 2.75) is 20.4 Å². The van der Waals surface area contributed by atoms with E-state index in [1.54, 1.807) is 18.3 Å². The van der Waals surface area contributed by atoms with Crippen LogP contribution >= 0.6 is 27.3 Å². The first-order valence-corrected chi connectivity index (χ1v) is 10.3. The SMILES string of the molecule is CCOC(=O)c1c(-c2cccs2)n(C)c2c(C)c(Br)c(O)c(CN(C)C)c12. The normalized spacial score (nSPS) is 11.5. The van der Waals surface area contributed by atoms with Crippen molar-refractivity contribution >= 4 is 44.1 Å². The number of nitrogens with zero attached hydrogens (tertiary/aromatic N) is 2. The summed E-state index contributed by atoms with van der Waals surface area (Å²) in [6.07, 6.45) is 0. The molecule has 2 heterocycles. The molecule has 7 heteroatoms. The van der Waals surface area contributed by atoms with Gasteiger partial charge in [-0.2, -0.15) is 0 Å². The minimum atomic E-state index is -0.368. The summed E-state index contributed by atoms with van der Waals surface area (Å²) in [5.74, 6) is -0.199. The third-order valence-corrected chi connectivity index (χ3v) is 6.43. The van der Waals surface area contributed by atoms with Crippen LogP contribution in [0.25, 0.3) is 21.5 Å². The maximum atomic E-state index is 13.0. The molecular weight excluding hydrogens is 428 g/mol.